The van der Waals surface area contributed by atoms with E-state index in [1.54, 1.807) is 12.1 Å². The highest BCUT2D eigenvalue weighted by Gasteiger charge is 2.39. The SMILES string of the molecule is O=S(=O)(c1ccc(C(F)(F)F)cc1)N1CC(Oc2ncccc2Cl)C1. The molecule has 1 aromatic heterocycles. The standard InChI is InChI=1S/C15H12ClF3N2O3S/c16-13-2-1-7-20-14(13)24-11-8-21(9-11)25(22,23)12-5-3-10(4-6-12)15(17,18)19/h1-7,11H,8-9H2. The van der Waals surface area contributed by atoms with Gasteiger partial charge in [-0.1, -0.05) is 11.6 Å². The van der Waals surface area contributed by atoms with Crippen LogP contribution >= 0.6 is 11.6 Å². The summed E-state index contributed by atoms with van der Waals surface area (Å²) in [5.74, 6) is 0.209. The molecule has 0 unspecified atom stereocenters. The highest BCUT2D eigenvalue weighted by molar-refractivity contribution is 7.89. The van der Waals surface area contributed by atoms with Gasteiger partial charge in [0.2, 0.25) is 15.9 Å². The van der Waals surface area contributed by atoms with E-state index in [1.807, 2.05) is 0 Å². The van der Waals surface area contributed by atoms with Gasteiger partial charge in [-0.2, -0.15) is 17.5 Å². The molecule has 1 aliphatic heterocycles. The summed E-state index contributed by atoms with van der Waals surface area (Å²) in [5.41, 5.74) is -0.902. The number of hydrogen-bond acceptors (Lipinski definition) is 4. The Kier molecular flexibility index (Phi) is 4.65. The van der Waals surface area contributed by atoms with E-state index >= 15 is 0 Å². The van der Waals surface area contributed by atoms with Crippen molar-refractivity contribution in [1.82, 2.24) is 9.29 Å². The fraction of sp³-hybridized carbons (Fsp3) is 0.267. The van der Waals surface area contributed by atoms with Crippen LogP contribution in [-0.2, 0) is 16.2 Å². The predicted molar refractivity (Wildman–Crippen MR) is 83.9 cm³/mol. The van der Waals surface area contributed by atoms with Crippen LogP contribution in [0.25, 0.3) is 0 Å². The molecule has 10 heteroatoms. The maximum atomic E-state index is 12.5. The van der Waals surface area contributed by atoms with Gasteiger partial charge in [-0.3, -0.25) is 0 Å². The minimum absolute atomic E-state index is 0.0657. The average Bonchev–Trinajstić information content (AvgIpc) is 2.51. The highest BCUT2D eigenvalue weighted by Crippen LogP contribution is 2.31. The molecule has 0 radical (unpaired) electrons. The van der Waals surface area contributed by atoms with Crippen LogP contribution in [0.5, 0.6) is 5.88 Å². The van der Waals surface area contributed by atoms with Crippen molar-refractivity contribution in [2.24, 2.45) is 0 Å². The average molecular weight is 393 g/mol. The monoisotopic (exact) mass is 392 g/mol. The van der Waals surface area contributed by atoms with E-state index in [0.717, 1.165) is 28.6 Å². The molecule has 1 aromatic carbocycles. The molecular formula is C15H12ClF3N2O3S. The Morgan fingerprint density at radius 2 is 1.80 bits per heavy atom. The molecule has 0 N–H and O–H groups in total. The first-order valence-electron chi connectivity index (χ1n) is 7.12. The summed E-state index contributed by atoms with van der Waals surface area (Å²) in [6.07, 6.45) is -3.44. The number of alkyl halides is 3. The minimum Gasteiger partial charge on any atom is -0.470 e. The normalized spacial score (nSPS) is 16.5. The molecule has 1 fully saturated rings. The van der Waals surface area contributed by atoms with E-state index in [1.165, 1.54) is 6.20 Å². The van der Waals surface area contributed by atoms with Crippen molar-refractivity contribution in [3.05, 3.63) is 53.2 Å². The Balaban J connectivity index is 1.66. The quantitative estimate of drug-likeness (QED) is 0.801. The van der Waals surface area contributed by atoms with Crippen molar-refractivity contribution in [3.8, 4) is 5.88 Å². The van der Waals surface area contributed by atoms with Gasteiger partial charge in [0, 0.05) is 6.20 Å². The second-order valence-corrected chi connectivity index (χ2v) is 7.72. The Hall–Kier alpha value is -1.84. The maximum Gasteiger partial charge on any atom is 0.416 e. The van der Waals surface area contributed by atoms with E-state index in [-0.39, 0.29) is 23.9 Å². The van der Waals surface area contributed by atoms with Crippen LogP contribution in [0.4, 0.5) is 13.2 Å². The van der Waals surface area contributed by atoms with E-state index in [0.29, 0.717) is 5.02 Å². The third-order valence-electron chi connectivity index (χ3n) is 3.64. The number of hydrogen-bond donors (Lipinski definition) is 0. The molecule has 134 valence electrons. The van der Waals surface area contributed by atoms with Crippen molar-refractivity contribution in [3.63, 3.8) is 0 Å². The second kappa shape index (κ2) is 6.47. The summed E-state index contributed by atoms with van der Waals surface area (Å²) >= 11 is 5.91. The molecule has 2 heterocycles. The molecule has 5 nitrogen and oxygen atoms in total. The number of nitrogens with zero attached hydrogens (tertiary/aromatic N) is 2. The molecule has 2 aromatic rings. The first-order valence-corrected chi connectivity index (χ1v) is 8.94. The third kappa shape index (κ3) is 3.73. The summed E-state index contributed by atoms with van der Waals surface area (Å²) in [5, 5.41) is 0.312. The number of ether oxygens (including phenoxy) is 1. The molecule has 0 amide bonds. The Labute approximate surface area is 147 Å². The zero-order chi connectivity index (χ0) is 18.2. The first-order chi connectivity index (χ1) is 11.7. The Bertz CT molecular complexity index is 866. The highest BCUT2D eigenvalue weighted by atomic mass is 35.5. The molecule has 1 saturated heterocycles. The lowest BCUT2D eigenvalue weighted by atomic mass is 10.2. The number of benzene rings is 1. The van der Waals surface area contributed by atoms with Gasteiger partial charge in [0.05, 0.1) is 23.5 Å². The molecule has 0 spiro atoms. The Morgan fingerprint density at radius 1 is 1.16 bits per heavy atom. The van der Waals surface area contributed by atoms with Crippen LogP contribution in [0.1, 0.15) is 5.56 Å². The van der Waals surface area contributed by atoms with Crippen LogP contribution in [0.15, 0.2) is 47.5 Å². The van der Waals surface area contributed by atoms with Crippen LogP contribution in [0, 0.1) is 0 Å². The van der Waals surface area contributed by atoms with Crippen molar-refractivity contribution in [2.75, 3.05) is 13.1 Å². The first kappa shape index (κ1) is 18.0. The van der Waals surface area contributed by atoms with Crippen LogP contribution in [0.2, 0.25) is 5.02 Å². The summed E-state index contributed by atoms with van der Waals surface area (Å²) in [7, 11) is -3.87. The fourth-order valence-corrected chi connectivity index (χ4v) is 3.92. The van der Waals surface area contributed by atoms with Crippen LogP contribution < -0.4 is 4.74 Å². The van der Waals surface area contributed by atoms with E-state index < -0.39 is 27.9 Å². The molecule has 3 rings (SSSR count). The third-order valence-corrected chi connectivity index (χ3v) is 5.77. The zero-order valence-corrected chi connectivity index (χ0v) is 14.1. The molecular weight excluding hydrogens is 381 g/mol. The van der Waals surface area contributed by atoms with E-state index in [9.17, 15) is 21.6 Å². The predicted octanol–water partition coefficient (Wildman–Crippen LogP) is 3.21. The smallest absolute Gasteiger partial charge is 0.416 e. The number of aromatic nitrogens is 1. The fourth-order valence-electron chi connectivity index (χ4n) is 2.25. The molecule has 0 aliphatic carbocycles. The van der Waals surface area contributed by atoms with E-state index in [2.05, 4.69) is 4.98 Å². The van der Waals surface area contributed by atoms with Gasteiger partial charge in [0.15, 0.2) is 0 Å². The number of sulfonamides is 1. The summed E-state index contributed by atoms with van der Waals surface area (Å²) in [4.78, 5) is 3.75. The molecule has 0 bridgehead atoms. The van der Waals surface area contributed by atoms with Gasteiger partial charge >= 0.3 is 6.18 Å². The second-order valence-electron chi connectivity index (χ2n) is 5.37. The van der Waals surface area contributed by atoms with Gasteiger partial charge < -0.3 is 4.74 Å². The number of halogens is 4. The maximum absolute atomic E-state index is 12.5. The zero-order valence-electron chi connectivity index (χ0n) is 12.6. The number of rotatable bonds is 4. The number of pyridine rings is 1. The van der Waals surface area contributed by atoms with Crippen molar-refractivity contribution >= 4 is 21.6 Å². The minimum atomic E-state index is -4.51. The van der Waals surface area contributed by atoms with Crippen molar-refractivity contribution in [2.45, 2.75) is 17.2 Å². The molecule has 0 saturated carbocycles. The van der Waals surface area contributed by atoms with Crippen molar-refractivity contribution in [1.29, 1.82) is 0 Å². The van der Waals surface area contributed by atoms with Crippen LogP contribution in [0.3, 0.4) is 0 Å². The lowest BCUT2D eigenvalue weighted by molar-refractivity contribution is -0.137. The van der Waals surface area contributed by atoms with Crippen molar-refractivity contribution < 1.29 is 26.3 Å². The summed E-state index contributed by atoms with van der Waals surface area (Å²) < 4.78 is 69.1. The largest absolute Gasteiger partial charge is 0.470 e. The van der Waals surface area contributed by atoms with Gasteiger partial charge in [0.1, 0.15) is 11.1 Å². The lowest BCUT2D eigenvalue weighted by Crippen LogP contribution is -2.56. The van der Waals surface area contributed by atoms with Crippen LogP contribution in [-0.4, -0.2) is 36.9 Å². The van der Waals surface area contributed by atoms with E-state index in [4.69, 9.17) is 16.3 Å². The van der Waals surface area contributed by atoms with Gasteiger partial charge in [-0.15, -0.1) is 0 Å². The topological polar surface area (TPSA) is 59.5 Å². The molecule has 25 heavy (non-hydrogen) atoms. The van der Waals surface area contributed by atoms with Gasteiger partial charge in [0.25, 0.3) is 0 Å². The van der Waals surface area contributed by atoms with Gasteiger partial charge in [-0.25, -0.2) is 13.4 Å². The Morgan fingerprint density at radius 3 is 2.36 bits per heavy atom. The summed E-state index contributed by atoms with van der Waals surface area (Å²) in [6.45, 7) is 0.131. The summed E-state index contributed by atoms with van der Waals surface area (Å²) in [6, 6.07) is 6.61. The lowest BCUT2D eigenvalue weighted by Gasteiger charge is -2.37. The van der Waals surface area contributed by atoms with Gasteiger partial charge in [-0.05, 0) is 36.4 Å². The molecule has 0 atom stereocenters. The molecule has 1 aliphatic rings.